The number of likely N-dealkylation sites (tertiary alicyclic amines) is 1. The Kier molecular flexibility index (Phi) is 5.07. The van der Waals surface area contributed by atoms with Crippen LogP contribution in [0.5, 0.6) is 11.5 Å². The van der Waals surface area contributed by atoms with Crippen LogP contribution in [-0.4, -0.2) is 57.5 Å². The van der Waals surface area contributed by atoms with Gasteiger partial charge in [0, 0.05) is 48.3 Å². The molecule has 1 aromatic heterocycles. The van der Waals surface area contributed by atoms with E-state index in [4.69, 9.17) is 9.47 Å². The van der Waals surface area contributed by atoms with Crippen molar-refractivity contribution in [1.29, 1.82) is 0 Å². The fourth-order valence-electron chi connectivity index (χ4n) is 9.39. The van der Waals surface area contributed by atoms with Crippen LogP contribution >= 0.6 is 0 Å². The molecule has 9 rings (SSSR count). The molecule has 1 saturated carbocycles. The van der Waals surface area contributed by atoms with Crippen molar-refractivity contribution in [3.63, 3.8) is 0 Å². The van der Waals surface area contributed by atoms with Crippen LogP contribution in [0.4, 0.5) is 0 Å². The number of aliphatic hydroxyl groups is 1. The molecule has 2 unspecified atom stereocenters. The normalized spacial score (nSPS) is 28.9. The second-order valence-electron chi connectivity index (χ2n) is 13.3. The molecule has 7 heteroatoms. The van der Waals surface area contributed by atoms with E-state index in [0.29, 0.717) is 19.4 Å². The lowest BCUT2D eigenvalue weighted by Gasteiger charge is -2.63. The number of hydrogen-bond acceptors (Lipinski definition) is 5. The van der Waals surface area contributed by atoms with Gasteiger partial charge in [-0.3, -0.25) is 9.69 Å². The number of carbonyl (C=O) groups is 1. The number of carboxylic acids is 1. The highest BCUT2D eigenvalue weighted by molar-refractivity contribution is 6.08. The highest BCUT2D eigenvalue weighted by Gasteiger charge is 2.73. The molecule has 1 spiro atoms. The lowest BCUT2D eigenvalue weighted by molar-refractivity contribution is -0.173. The summed E-state index contributed by atoms with van der Waals surface area (Å²) < 4.78 is 15.3. The van der Waals surface area contributed by atoms with E-state index in [-0.39, 0.29) is 18.6 Å². The lowest BCUT2D eigenvalue weighted by Crippen LogP contribution is -2.74. The maximum Gasteiger partial charge on any atom is 0.303 e. The number of rotatable bonds is 7. The Morgan fingerprint density at radius 3 is 2.79 bits per heavy atom. The Hall–Kier alpha value is -3.55. The van der Waals surface area contributed by atoms with Crippen LogP contribution in [-0.2, 0) is 29.6 Å². The minimum atomic E-state index is -0.992. The SMILES string of the molecule is COc1ccc2c3c1OC1c4c(c5ccc6ccccc6c5n4CCCC(=O)O)CC4(O)[C@@H](C2)N(CC2CC2)CC[C@]314. The van der Waals surface area contributed by atoms with Crippen LogP contribution in [0.1, 0.15) is 60.6 Å². The topological polar surface area (TPSA) is 84.2 Å². The van der Waals surface area contributed by atoms with Crippen molar-refractivity contribution in [2.45, 2.75) is 74.7 Å². The fraction of sp³-hybridized carbons (Fsp3) is 0.457. The number of aryl methyl sites for hydroxylation is 1. The molecular weight excluding hydrogens is 528 g/mol. The van der Waals surface area contributed by atoms with E-state index in [1.165, 1.54) is 18.4 Å². The zero-order chi connectivity index (χ0) is 28.4. The third-order valence-electron chi connectivity index (χ3n) is 11.3. The van der Waals surface area contributed by atoms with Crippen LogP contribution in [0, 0.1) is 5.92 Å². The summed E-state index contributed by atoms with van der Waals surface area (Å²) in [6, 6.07) is 17.1. The number of fused-ring (bicyclic) bond motifs is 6. The third-order valence-corrected chi connectivity index (χ3v) is 11.3. The van der Waals surface area contributed by atoms with Crippen LogP contribution in [0.3, 0.4) is 0 Å². The van der Waals surface area contributed by atoms with Crippen LogP contribution in [0.15, 0.2) is 48.5 Å². The van der Waals surface area contributed by atoms with Gasteiger partial charge in [0.05, 0.1) is 29.3 Å². The molecule has 7 nitrogen and oxygen atoms in total. The molecule has 3 heterocycles. The van der Waals surface area contributed by atoms with E-state index < -0.39 is 17.0 Å². The molecule has 42 heavy (non-hydrogen) atoms. The van der Waals surface area contributed by atoms with Crippen molar-refractivity contribution < 1.29 is 24.5 Å². The maximum atomic E-state index is 13.3. The van der Waals surface area contributed by atoms with Gasteiger partial charge in [0.15, 0.2) is 17.6 Å². The van der Waals surface area contributed by atoms with Crippen molar-refractivity contribution in [1.82, 2.24) is 9.47 Å². The molecule has 2 N–H and O–H groups in total. The summed E-state index contributed by atoms with van der Waals surface area (Å²) in [5.41, 5.74) is 4.23. The summed E-state index contributed by atoms with van der Waals surface area (Å²) in [6.07, 6.45) is 5.02. The van der Waals surface area contributed by atoms with Crippen molar-refractivity contribution in [3.8, 4) is 11.5 Å². The standard InChI is InChI=1S/C35H36N2O5/c1-41-26-13-11-22-17-27-35(40)18-25-24-12-10-21-5-2-3-6-23(21)30(24)37(15-4-7-28(38)39)31(25)33-34(35,29(22)32(26)42-33)14-16-36(27)19-20-8-9-20/h2-3,5-6,10-13,20,27,33,40H,4,7-9,14-19H2,1H3,(H,38,39)/t27-,33?,34+,35?/m1/s1. The Morgan fingerprint density at radius 1 is 1.12 bits per heavy atom. The first-order valence-electron chi connectivity index (χ1n) is 15.5. The monoisotopic (exact) mass is 564 g/mol. The zero-order valence-corrected chi connectivity index (χ0v) is 23.9. The largest absolute Gasteiger partial charge is 0.493 e. The molecule has 1 saturated heterocycles. The summed E-state index contributed by atoms with van der Waals surface area (Å²) in [6.45, 7) is 2.58. The van der Waals surface area contributed by atoms with Crippen LogP contribution in [0.2, 0.25) is 0 Å². The molecule has 216 valence electrons. The zero-order valence-electron chi connectivity index (χ0n) is 23.9. The van der Waals surface area contributed by atoms with E-state index in [9.17, 15) is 15.0 Å². The van der Waals surface area contributed by atoms with Crippen molar-refractivity contribution in [2.24, 2.45) is 5.92 Å². The molecule has 2 bridgehead atoms. The average molecular weight is 565 g/mol. The highest BCUT2D eigenvalue weighted by atomic mass is 16.5. The fourth-order valence-corrected chi connectivity index (χ4v) is 9.39. The first-order valence-corrected chi connectivity index (χ1v) is 15.5. The summed E-state index contributed by atoms with van der Waals surface area (Å²) in [7, 11) is 1.69. The number of hydrogen-bond donors (Lipinski definition) is 2. The van der Waals surface area contributed by atoms with E-state index >= 15 is 0 Å². The molecule has 0 amide bonds. The minimum Gasteiger partial charge on any atom is -0.493 e. The number of benzene rings is 3. The molecule has 3 aromatic carbocycles. The van der Waals surface area contributed by atoms with E-state index in [0.717, 1.165) is 81.8 Å². The molecule has 4 aromatic rings. The summed E-state index contributed by atoms with van der Waals surface area (Å²) in [4.78, 5) is 14.2. The lowest BCUT2D eigenvalue weighted by atomic mass is 9.49. The van der Waals surface area contributed by atoms with Gasteiger partial charge in [-0.25, -0.2) is 0 Å². The van der Waals surface area contributed by atoms with Gasteiger partial charge in [0.2, 0.25) is 0 Å². The molecule has 0 radical (unpaired) electrons. The maximum absolute atomic E-state index is 13.3. The molecule has 2 fully saturated rings. The Labute approximate surface area is 244 Å². The Morgan fingerprint density at radius 2 is 1.98 bits per heavy atom. The van der Waals surface area contributed by atoms with Gasteiger partial charge in [-0.05, 0) is 67.1 Å². The van der Waals surface area contributed by atoms with Gasteiger partial charge in [0.25, 0.3) is 0 Å². The molecule has 2 aliphatic heterocycles. The van der Waals surface area contributed by atoms with Crippen LogP contribution < -0.4 is 9.47 Å². The van der Waals surface area contributed by atoms with Gasteiger partial charge in [0.1, 0.15) is 0 Å². The van der Waals surface area contributed by atoms with Crippen molar-refractivity contribution in [2.75, 3.05) is 20.2 Å². The first-order chi connectivity index (χ1) is 20.4. The average Bonchev–Trinajstić information content (AvgIpc) is 3.65. The highest BCUT2D eigenvalue weighted by Crippen LogP contribution is 2.69. The minimum absolute atomic E-state index is 0.0174. The van der Waals surface area contributed by atoms with Gasteiger partial charge in [-0.2, -0.15) is 0 Å². The molecule has 4 atom stereocenters. The first kappa shape index (κ1) is 25.0. The quantitative estimate of drug-likeness (QED) is 0.314. The number of ether oxygens (including phenoxy) is 2. The Bertz CT molecular complexity index is 1810. The second kappa shape index (κ2) is 8.51. The summed E-state index contributed by atoms with van der Waals surface area (Å²) in [5.74, 6) is 1.47. The number of piperidine rings is 1. The van der Waals surface area contributed by atoms with E-state index in [1.54, 1.807) is 7.11 Å². The van der Waals surface area contributed by atoms with Gasteiger partial charge in [-0.15, -0.1) is 0 Å². The number of methoxy groups -OCH3 is 1. The summed E-state index contributed by atoms with van der Waals surface area (Å²) >= 11 is 0. The number of nitrogens with zero attached hydrogens (tertiary/aromatic N) is 2. The molecular formula is C35H36N2O5. The number of carboxylic acid groups (broad SMARTS) is 1. The van der Waals surface area contributed by atoms with Crippen LogP contribution in [0.25, 0.3) is 21.7 Å². The predicted molar refractivity (Wildman–Crippen MR) is 159 cm³/mol. The third kappa shape index (κ3) is 3.06. The van der Waals surface area contributed by atoms with Gasteiger partial charge in [-0.1, -0.05) is 42.5 Å². The summed E-state index contributed by atoms with van der Waals surface area (Å²) in [5, 5.41) is 26.3. The Balaban J connectivity index is 1.33. The smallest absolute Gasteiger partial charge is 0.303 e. The van der Waals surface area contributed by atoms with Gasteiger partial charge < -0.3 is 24.3 Å². The number of aromatic nitrogens is 1. The van der Waals surface area contributed by atoms with Gasteiger partial charge >= 0.3 is 5.97 Å². The number of aliphatic carboxylic acids is 1. The van der Waals surface area contributed by atoms with E-state index in [2.05, 4.69) is 51.9 Å². The molecule has 3 aliphatic carbocycles. The second-order valence-corrected chi connectivity index (χ2v) is 13.3. The predicted octanol–water partition coefficient (Wildman–Crippen LogP) is 5.37. The van der Waals surface area contributed by atoms with Crippen molar-refractivity contribution >= 4 is 27.6 Å². The van der Waals surface area contributed by atoms with Crippen molar-refractivity contribution in [3.05, 3.63) is 70.9 Å². The molecule has 5 aliphatic rings. The van der Waals surface area contributed by atoms with E-state index in [1.807, 2.05) is 6.07 Å².